The number of fused-ring (bicyclic) bond motifs is 1. The molecule has 2 aromatic carbocycles. The van der Waals surface area contributed by atoms with E-state index >= 15 is 4.39 Å². The highest BCUT2D eigenvalue weighted by molar-refractivity contribution is 8.77. The largest absolute Gasteiger partial charge is 0.494 e. The number of nitrogens with one attached hydrogen (secondary N) is 3. The van der Waals surface area contributed by atoms with Crippen molar-refractivity contribution in [2.75, 3.05) is 62.7 Å². The third kappa shape index (κ3) is 14.5. The van der Waals surface area contributed by atoms with Gasteiger partial charge in [0.15, 0.2) is 9.84 Å². The molecule has 0 bridgehead atoms. The number of carbonyl (C=O) groups is 7. The minimum absolute atomic E-state index is 0.00842. The van der Waals surface area contributed by atoms with Gasteiger partial charge in [0.2, 0.25) is 17.7 Å². The van der Waals surface area contributed by atoms with E-state index in [0.717, 1.165) is 31.5 Å². The number of piperazine rings is 1. The molecule has 1 saturated carbocycles. The van der Waals surface area contributed by atoms with Crippen molar-refractivity contribution in [3.05, 3.63) is 83.4 Å². The lowest BCUT2D eigenvalue weighted by Crippen LogP contribution is -2.55. The molecule has 408 valence electrons. The van der Waals surface area contributed by atoms with Crippen LogP contribution in [0.5, 0.6) is 5.75 Å². The van der Waals surface area contributed by atoms with Gasteiger partial charge in [-0.2, -0.15) is 5.10 Å². The number of amides is 7. The molecule has 3 aromatic rings. The molecular weight excluding hydrogens is 1040 g/mol. The monoisotopic (exact) mass is 1110 g/mol. The molecule has 3 N–H and O–H groups in total. The van der Waals surface area contributed by atoms with Gasteiger partial charge in [0.1, 0.15) is 11.6 Å². The lowest BCUT2D eigenvalue weighted by molar-refractivity contribution is -0.197. The molecule has 3 atom stereocenters. The quantitative estimate of drug-likeness (QED) is 0.0553. The molecule has 20 nitrogen and oxygen atoms in total. The molecule has 4 fully saturated rings. The number of likely N-dealkylation sites (tertiary alicyclic amines) is 1. The Labute approximate surface area is 449 Å². The summed E-state index contributed by atoms with van der Waals surface area (Å²) >= 11 is 0. The van der Waals surface area contributed by atoms with Crippen LogP contribution in [-0.4, -0.2) is 149 Å². The minimum atomic E-state index is -3.67. The van der Waals surface area contributed by atoms with Crippen LogP contribution in [0.4, 0.5) is 14.9 Å². The molecule has 7 amide bonds. The number of pyridine rings is 1. The number of aromatic nitrogens is 1. The summed E-state index contributed by atoms with van der Waals surface area (Å²) in [5, 5.41) is 10.5. The second-order valence-electron chi connectivity index (χ2n) is 20.2. The number of hydrazone groups is 1. The normalized spacial score (nSPS) is 21.2. The SMILES string of the molecule is C[C@H]1[C@H](C(=O)Nc2ccc(CNC(=O)N3CCC(N4CCN(C(=O)CCSSC(C)(C)CC(=O)N/N=C5\CCS(=O)(=O)c6cc(OCCCC(=O)ON7C(=O)CCC7=O)ccc65)CC4)CC3)c(F)c2)[C@H]1c1cccnc1. The van der Waals surface area contributed by atoms with Crippen molar-refractivity contribution in [3.8, 4) is 5.75 Å². The van der Waals surface area contributed by atoms with Crippen LogP contribution in [-0.2, 0) is 50.0 Å². The van der Waals surface area contributed by atoms with Crippen molar-refractivity contribution in [1.29, 1.82) is 0 Å². The molecule has 5 heterocycles. The van der Waals surface area contributed by atoms with Crippen molar-refractivity contribution in [2.24, 2.45) is 16.9 Å². The number of piperidine rings is 1. The van der Waals surface area contributed by atoms with Gasteiger partial charge in [0.05, 0.1) is 29.4 Å². The number of ether oxygens (including phenoxy) is 1. The minimum Gasteiger partial charge on any atom is -0.494 e. The molecule has 76 heavy (non-hydrogen) atoms. The van der Waals surface area contributed by atoms with Crippen molar-refractivity contribution in [2.45, 2.75) is 107 Å². The molecule has 0 spiro atoms. The van der Waals surface area contributed by atoms with E-state index in [1.54, 1.807) is 41.6 Å². The Kier molecular flexibility index (Phi) is 18.4. The first-order chi connectivity index (χ1) is 36.4. The van der Waals surface area contributed by atoms with E-state index in [9.17, 15) is 42.0 Å². The first kappa shape index (κ1) is 56.1. The molecule has 1 aromatic heterocycles. The fourth-order valence-electron chi connectivity index (χ4n) is 9.96. The predicted octanol–water partition coefficient (Wildman–Crippen LogP) is 5.43. The van der Waals surface area contributed by atoms with Gasteiger partial charge in [0.25, 0.3) is 11.8 Å². The van der Waals surface area contributed by atoms with Crippen LogP contribution in [0.2, 0.25) is 0 Å². The van der Waals surface area contributed by atoms with Crippen molar-refractivity contribution in [1.82, 2.24) is 35.5 Å². The van der Waals surface area contributed by atoms with Crippen LogP contribution >= 0.6 is 21.6 Å². The van der Waals surface area contributed by atoms with Crippen LogP contribution < -0.4 is 20.8 Å². The number of hydrogen-bond donors (Lipinski definition) is 3. The van der Waals surface area contributed by atoms with Crippen LogP contribution in [0.3, 0.4) is 0 Å². The number of hydroxylamine groups is 2. The third-order valence-corrected chi connectivity index (χ3v) is 19.3. The molecule has 5 aliphatic rings. The summed E-state index contributed by atoms with van der Waals surface area (Å²) in [6.45, 7) is 9.77. The van der Waals surface area contributed by atoms with Crippen LogP contribution in [0.1, 0.15) is 101 Å². The highest BCUT2D eigenvalue weighted by Gasteiger charge is 2.52. The molecule has 0 radical (unpaired) electrons. The Morgan fingerprint density at radius 2 is 1.67 bits per heavy atom. The van der Waals surface area contributed by atoms with Gasteiger partial charge in [-0.15, -0.1) is 5.06 Å². The van der Waals surface area contributed by atoms with Gasteiger partial charge in [-0.1, -0.05) is 40.6 Å². The first-order valence-corrected chi connectivity index (χ1v) is 29.6. The number of benzene rings is 2. The average molecular weight is 1110 g/mol. The summed E-state index contributed by atoms with van der Waals surface area (Å²) in [7, 11) is -0.635. The van der Waals surface area contributed by atoms with Gasteiger partial charge in [0, 0.05) is 136 Å². The van der Waals surface area contributed by atoms with Crippen molar-refractivity contribution >= 4 is 84.4 Å². The third-order valence-electron chi connectivity index (χ3n) is 14.2. The summed E-state index contributed by atoms with van der Waals surface area (Å²) in [4.78, 5) is 103. The summed E-state index contributed by atoms with van der Waals surface area (Å²) in [6.07, 6.45) is 5.66. The number of sulfone groups is 1. The van der Waals surface area contributed by atoms with Gasteiger partial charge < -0.3 is 30.0 Å². The maximum atomic E-state index is 15.1. The van der Waals surface area contributed by atoms with Gasteiger partial charge in [-0.3, -0.25) is 33.9 Å². The Morgan fingerprint density at radius 1 is 0.921 bits per heavy atom. The summed E-state index contributed by atoms with van der Waals surface area (Å²) in [5.41, 5.74) is 5.05. The lowest BCUT2D eigenvalue weighted by Gasteiger charge is -2.42. The highest BCUT2D eigenvalue weighted by atomic mass is 33.1. The predicted molar refractivity (Wildman–Crippen MR) is 283 cm³/mol. The molecule has 1 aliphatic carbocycles. The van der Waals surface area contributed by atoms with E-state index in [-0.39, 0.29) is 116 Å². The van der Waals surface area contributed by atoms with Crippen LogP contribution in [0, 0.1) is 17.7 Å². The number of hydrogen-bond acceptors (Lipinski definition) is 16. The number of rotatable bonds is 20. The second-order valence-corrected chi connectivity index (χ2v) is 25.4. The van der Waals surface area contributed by atoms with E-state index in [1.807, 2.05) is 37.8 Å². The highest BCUT2D eigenvalue weighted by Crippen LogP contribution is 2.54. The number of imide groups is 1. The molecule has 0 unspecified atom stereocenters. The Hall–Kier alpha value is -6.11. The number of anilines is 1. The Bertz CT molecular complexity index is 2810. The molecule has 4 aliphatic heterocycles. The summed E-state index contributed by atoms with van der Waals surface area (Å²) in [6, 6.07) is 12.9. The number of urea groups is 1. The first-order valence-electron chi connectivity index (χ1n) is 25.6. The van der Waals surface area contributed by atoms with Crippen molar-refractivity contribution in [3.63, 3.8) is 0 Å². The zero-order valence-electron chi connectivity index (χ0n) is 42.8. The lowest BCUT2D eigenvalue weighted by atomic mass is 10.0. The number of carbonyl (C=O) groups excluding carboxylic acids is 7. The molecular formula is C52H64FN9O11S3. The average Bonchev–Trinajstić information content (AvgIpc) is 3.99. The van der Waals surface area contributed by atoms with Crippen LogP contribution in [0.25, 0.3) is 0 Å². The van der Waals surface area contributed by atoms with Gasteiger partial charge >= 0.3 is 12.0 Å². The van der Waals surface area contributed by atoms with E-state index in [2.05, 4.69) is 31.0 Å². The Morgan fingerprint density at radius 3 is 2.38 bits per heavy atom. The topological polar surface area (TPSA) is 246 Å². The molecule has 8 rings (SSSR count). The van der Waals surface area contributed by atoms with E-state index in [4.69, 9.17) is 9.57 Å². The van der Waals surface area contributed by atoms with Gasteiger partial charge in [-0.05, 0) is 81.0 Å². The van der Waals surface area contributed by atoms with E-state index in [0.29, 0.717) is 65.9 Å². The fraction of sp³-hybridized carbons (Fsp3) is 0.519. The standard InChI is InChI=1S/C52H64FN9O11S3/c1-33-48(35-6-4-18-54-31-35)49(33)50(68)56-36-9-8-34(40(53)28-36)32-55-51(69)61-19-14-37(15-20-61)59-21-23-60(24-22-59)44(64)16-26-74-75-52(2,3)30-43(63)58-57-41-17-27-76(70,71)42-29-38(10-11-39(41)42)72-25-5-7-47(67)73-62-45(65)12-13-46(62)66/h4,6,8-11,18,28-29,31,33,37,48-49H,5,7,12-17,19-27,30,32H2,1-3H3,(H,55,69)(H,56,68)(H,58,63)/b57-41+/t33-,48-,49+/m1/s1. The maximum Gasteiger partial charge on any atom is 0.333 e. The zero-order valence-corrected chi connectivity index (χ0v) is 45.2. The summed E-state index contributed by atoms with van der Waals surface area (Å²) < 4.78 is 46.3. The maximum absolute atomic E-state index is 15.1. The zero-order chi connectivity index (χ0) is 54.1. The fourth-order valence-corrected chi connectivity index (χ4v) is 13.9. The second kappa shape index (κ2) is 24.9. The van der Waals surface area contributed by atoms with Crippen LogP contribution in [0.15, 0.2) is 70.9 Å². The van der Waals surface area contributed by atoms with E-state index < -0.39 is 38.2 Å². The number of nitrogens with zero attached hydrogens (tertiary/aromatic N) is 6. The van der Waals surface area contributed by atoms with Gasteiger partial charge in [-0.25, -0.2) is 27.8 Å². The van der Waals surface area contributed by atoms with Crippen molar-refractivity contribution < 1.29 is 55.9 Å². The molecule has 24 heteroatoms. The van der Waals surface area contributed by atoms with E-state index in [1.165, 1.54) is 33.7 Å². The molecule has 3 saturated heterocycles. The Balaban J connectivity index is 0.683. The summed E-state index contributed by atoms with van der Waals surface area (Å²) in [5.74, 6) is -2.21. The smallest absolute Gasteiger partial charge is 0.333 e. The number of halogens is 1.